The van der Waals surface area contributed by atoms with Gasteiger partial charge in [-0.2, -0.15) is 4.98 Å². The molecule has 0 saturated heterocycles. The van der Waals surface area contributed by atoms with Crippen molar-refractivity contribution in [1.82, 2.24) is 23.8 Å². The molecule has 0 atom stereocenters. The number of aryl methyl sites for hydroxylation is 2. The SMILES string of the molecule is Cc1cc2nc3nc4ccccc4n3c(=O)n2c(C)n1. The number of aromatic nitrogens is 5. The van der Waals surface area contributed by atoms with Crippen LogP contribution in [0.3, 0.4) is 0 Å². The number of benzene rings is 1. The van der Waals surface area contributed by atoms with Gasteiger partial charge in [0.1, 0.15) is 11.5 Å². The van der Waals surface area contributed by atoms with Crippen molar-refractivity contribution in [2.24, 2.45) is 0 Å². The Hall–Kier alpha value is -2.76. The Kier molecular flexibility index (Phi) is 2.01. The molecule has 4 aromatic rings. The third-order valence-electron chi connectivity index (χ3n) is 3.37. The van der Waals surface area contributed by atoms with Crippen molar-refractivity contribution in [3.05, 3.63) is 52.3 Å². The number of hydrogen-bond acceptors (Lipinski definition) is 4. The molecule has 20 heavy (non-hydrogen) atoms. The van der Waals surface area contributed by atoms with Gasteiger partial charge in [0.05, 0.1) is 11.0 Å². The molecule has 0 spiro atoms. The highest BCUT2D eigenvalue weighted by Gasteiger charge is 2.12. The lowest BCUT2D eigenvalue weighted by atomic mass is 10.3. The molecule has 0 aliphatic carbocycles. The number of nitrogens with zero attached hydrogens (tertiary/aromatic N) is 5. The highest BCUT2D eigenvalue weighted by atomic mass is 16.1. The molecular weight excluding hydrogens is 254 g/mol. The molecule has 0 unspecified atom stereocenters. The smallest absolute Gasteiger partial charge is 0.247 e. The van der Waals surface area contributed by atoms with Crippen molar-refractivity contribution in [3.63, 3.8) is 0 Å². The van der Waals surface area contributed by atoms with Crippen LogP contribution in [-0.2, 0) is 0 Å². The topological polar surface area (TPSA) is 64.6 Å². The average molecular weight is 265 g/mol. The van der Waals surface area contributed by atoms with Crippen LogP contribution in [0.15, 0.2) is 35.1 Å². The van der Waals surface area contributed by atoms with Crippen molar-refractivity contribution in [1.29, 1.82) is 0 Å². The number of imidazole rings is 1. The van der Waals surface area contributed by atoms with Gasteiger partial charge in [0, 0.05) is 11.8 Å². The molecule has 0 radical (unpaired) electrons. The maximum Gasteiger partial charge on any atom is 0.342 e. The molecule has 0 bridgehead atoms. The highest BCUT2D eigenvalue weighted by Crippen LogP contribution is 2.14. The maximum absolute atomic E-state index is 12.7. The summed E-state index contributed by atoms with van der Waals surface area (Å²) in [6.45, 7) is 3.68. The minimum absolute atomic E-state index is 0.191. The van der Waals surface area contributed by atoms with Gasteiger partial charge in [-0.25, -0.2) is 23.6 Å². The summed E-state index contributed by atoms with van der Waals surface area (Å²) in [6, 6.07) is 9.29. The molecule has 0 aliphatic rings. The maximum atomic E-state index is 12.7. The van der Waals surface area contributed by atoms with Crippen molar-refractivity contribution >= 4 is 22.5 Å². The van der Waals surface area contributed by atoms with E-state index < -0.39 is 0 Å². The lowest BCUT2D eigenvalue weighted by Crippen LogP contribution is -2.25. The summed E-state index contributed by atoms with van der Waals surface area (Å²) in [7, 11) is 0. The molecule has 0 aliphatic heterocycles. The molecule has 1 aromatic carbocycles. The lowest BCUT2D eigenvalue weighted by molar-refractivity contribution is 0.845. The summed E-state index contributed by atoms with van der Waals surface area (Å²) in [5.41, 5.74) is 2.73. The minimum atomic E-state index is -0.191. The van der Waals surface area contributed by atoms with E-state index >= 15 is 0 Å². The molecule has 0 saturated carbocycles. The molecule has 0 N–H and O–H groups in total. The Morgan fingerprint density at radius 1 is 1.00 bits per heavy atom. The molecule has 0 fully saturated rings. The predicted octanol–water partition coefficient (Wildman–Crippen LogP) is 1.51. The largest absolute Gasteiger partial charge is 0.342 e. The van der Waals surface area contributed by atoms with Crippen molar-refractivity contribution in [2.75, 3.05) is 0 Å². The highest BCUT2D eigenvalue weighted by molar-refractivity contribution is 5.79. The Balaban J connectivity index is 2.35. The Bertz CT molecular complexity index is 1040. The fourth-order valence-corrected chi connectivity index (χ4v) is 2.55. The fourth-order valence-electron chi connectivity index (χ4n) is 2.55. The second kappa shape index (κ2) is 3.63. The molecular formula is C14H11N5O. The number of rotatable bonds is 0. The summed E-state index contributed by atoms with van der Waals surface area (Å²) < 4.78 is 3.03. The van der Waals surface area contributed by atoms with Crippen LogP contribution < -0.4 is 5.69 Å². The van der Waals surface area contributed by atoms with Gasteiger partial charge in [-0.15, -0.1) is 0 Å². The third kappa shape index (κ3) is 1.33. The summed E-state index contributed by atoms with van der Waals surface area (Å²) in [5, 5.41) is 0. The van der Waals surface area contributed by atoms with Crippen LogP contribution in [0, 0.1) is 13.8 Å². The monoisotopic (exact) mass is 265 g/mol. The van der Waals surface area contributed by atoms with E-state index in [1.165, 1.54) is 8.80 Å². The first-order valence-electron chi connectivity index (χ1n) is 6.29. The van der Waals surface area contributed by atoms with E-state index in [1.54, 1.807) is 13.0 Å². The average Bonchev–Trinajstić information content (AvgIpc) is 2.75. The summed E-state index contributed by atoms with van der Waals surface area (Å²) in [6.07, 6.45) is 0. The van der Waals surface area contributed by atoms with E-state index in [-0.39, 0.29) is 5.69 Å². The standard InChI is InChI=1S/C14H11N5O/c1-8-7-12-17-13-16-10-5-3-4-6-11(10)19(13)14(20)18(12)9(2)15-8/h3-7H,1-2H3. The van der Waals surface area contributed by atoms with Gasteiger partial charge in [-0.05, 0) is 26.0 Å². The Morgan fingerprint density at radius 3 is 2.65 bits per heavy atom. The van der Waals surface area contributed by atoms with Crippen LogP contribution >= 0.6 is 0 Å². The van der Waals surface area contributed by atoms with E-state index in [1.807, 2.05) is 31.2 Å². The van der Waals surface area contributed by atoms with Crippen molar-refractivity contribution in [3.8, 4) is 0 Å². The van der Waals surface area contributed by atoms with Gasteiger partial charge in [0.2, 0.25) is 5.78 Å². The van der Waals surface area contributed by atoms with Gasteiger partial charge in [-0.3, -0.25) is 0 Å². The molecule has 3 aromatic heterocycles. The minimum Gasteiger partial charge on any atom is -0.247 e. The van der Waals surface area contributed by atoms with Crippen LogP contribution in [0.2, 0.25) is 0 Å². The zero-order valence-electron chi connectivity index (χ0n) is 11.0. The second-order valence-corrected chi connectivity index (χ2v) is 4.77. The number of para-hydroxylation sites is 2. The molecule has 98 valence electrons. The summed E-state index contributed by atoms with van der Waals surface area (Å²) >= 11 is 0. The normalized spacial score (nSPS) is 11.7. The number of fused-ring (bicyclic) bond motifs is 4. The van der Waals surface area contributed by atoms with Crippen LogP contribution in [0.5, 0.6) is 0 Å². The zero-order chi connectivity index (χ0) is 13.9. The van der Waals surface area contributed by atoms with Gasteiger partial charge in [0.25, 0.3) is 0 Å². The summed E-state index contributed by atoms with van der Waals surface area (Å²) in [4.78, 5) is 25.9. The zero-order valence-corrected chi connectivity index (χ0v) is 11.0. The predicted molar refractivity (Wildman–Crippen MR) is 75.0 cm³/mol. The fraction of sp³-hybridized carbons (Fsp3) is 0.143. The molecule has 6 heteroatoms. The third-order valence-corrected chi connectivity index (χ3v) is 3.37. The Morgan fingerprint density at radius 2 is 1.80 bits per heavy atom. The lowest BCUT2D eigenvalue weighted by Gasteiger charge is -2.05. The van der Waals surface area contributed by atoms with Crippen LogP contribution in [0.4, 0.5) is 0 Å². The van der Waals surface area contributed by atoms with E-state index in [0.29, 0.717) is 17.2 Å². The molecule has 4 rings (SSSR count). The molecule has 6 nitrogen and oxygen atoms in total. The second-order valence-electron chi connectivity index (χ2n) is 4.77. The van der Waals surface area contributed by atoms with Crippen LogP contribution in [0.1, 0.15) is 11.5 Å². The van der Waals surface area contributed by atoms with Gasteiger partial charge >= 0.3 is 5.69 Å². The Labute approximate surface area is 113 Å². The van der Waals surface area contributed by atoms with Gasteiger partial charge < -0.3 is 0 Å². The van der Waals surface area contributed by atoms with Gasteiger partial charge in [-0.1, -0.05) is 12.1 Å². The summed E-state index contributed by atoms with van der Waals surface area (Å²) in [5.74, 6) is 1.04. The number of hydrogen-bond donors (Lipinski definition) is 0. The first kappa shape index (κ1) is 11.1. The van der Waals surface area contributed by atoms with Crippen molar-refractivity contribution in [2.45, 2.75) is 13.8 Å². The van der Waals surface area contributed by atoms with Crippen LogP contribution in [-0.4, -0.2) is 23.8 Å². The van der Waals surface area contributed by atoms with E-state index in [9.17, 15) is 4.79 Å². The van der Waals surface area contributed by atoms with Crippen molar-refractivity contribution < 1.29 is 0 Å². The first-order chi connectivity index (χ1) is 9.65. The van der Waals surface area contributed by atoms with E-state index in [0.717, 1.165) is 16.7 Å². The molecule has 3 heterocycles. The van der Waals surface area contributed by atoms with Gasteiger partial charge in [0.15, 0.2) is 0 Å². The van der Waals surface area contributed by atoms with Crippen LogP contribution in [0.25, 0.3) is 22.5 Å². The quantitative estimate of drug-likeness (QED) is 0.483. The first-order valence-corrected chi connectivity index (χ1v) is 6.29. The molecule has 0 amide bonds. The van der Waals surface area contributed by atoms with E-state index in [2.05, 4.69) is 15.0 Å². The van der Waals surface area contributed by atoms with E-state index in [4.69, 9.17) is 0 Å².